The van der Waals surface area contributed by atoms with E-state index in [0.29, 0.717) is 12.2 Å². The number of unbranched alkanes of at least 4 members (excludes halogenated alkanes) is 4. The van der Waals surface area contributed by atoms with E-state index in [1.165, 1.54) is 21.6 Å². The van der Waals surface area contributed by atoms with Crippen molar-refractivity contribution in [2.24, 2.45) is 11.5 Å². The molecule has 8 nitrogen and oxygen atoms in total. The molecule has 0 aromatic heterocycles. The molecule has 0 unspecified atom stereocenters. The van der Waals surface area contributed by atoms with Crippen molar-refractivity contribution in [3.63, 3.8) is 0 Å². The summed E-state index contributed by atoms with van der Waals surface area (Å²) in [5, 5.41) is 5.06. The number of carbonyl (C=O) groups excluding carboxylic acids is 4. The normalized spacial score (nSPS) is 12.8. The van der Waals surface area contributed by atoms with Gasteiger partial charge in [-0.25, -0.2) is 0 Å². The van der Waals surface area contributed by atoms with E-state index in [2.05, 4.69) is 10.6 Å². The van der Waals surface area contributed by atoms with Gasteiger partial charge in [-0.1, -0.05) is 61.1 Å². The highest BCUT2D eigenvalue weighted by molar-refractivity contribution is 8.76. The fraction of sp³-hybridized carbons (Fsp3) is 0.778. The lowest BCUT2D eigenvalue weighted by atomic mass is 10.2. The number of rotatable bonds is 16. The van der Waals surface area contributed by atoms with Crippen molar-refractivity contribution in [1.29, 1.82) is 0 Å². The molecule has 0 heterocycles. The predicted octanol–water partition coefficient (Wildman–Crippen LogP) is 1.47. The first-order chi connectivity index (χ1) is 13.3. The van der Waals surface area contributed by atoms with Gasteiger partial charge in [0.1, 0.15) is 6.04 Å². The lowest BCUT2D eigenvalue weighted by Gasteiger charge is -2.18. The Hall–Kier alpha value is -1.26. The molecule has 0 aromatic rings. The Balaban J connectivity index is 4.59. The average molecular weight is 435 g/mol. The zero-order chi connectivity index (χ0) is 21.4. The Morgan fingerprint density at radius 2 is 1.39 bits per heavy atom. The van der Waals surface area contributed by atoms with E-state index < -0.39 is 23.9 Å². The molecule has 0 aliphatic rings. The van der Waals surface area contributed by atoms with Gasteiger partial charge in [-0.05, 0) is 12.8 Å². The number of nitrogens with two attached hydrogens (primary N) is 2. The van der Waals surface area contributed by atoms with E-state index in [1.54, 1.807) is 0 Å². The molecule has 0 aromatic carbocycles. The molecular weight excluding hydrogens is 400 g/mol. The first kappa shape index (κ1) is 26.7. The first-order valence-corrected chi connectivity index (χ1v) is 12.2. The zero-order valence-electron chi connectivity index (χ0n) is 16.8. The highest BCUT2D eigenvalue weighted by Gasteiger charge is 2.23. The Morgan fingerprint density at radius 3 is 1.93 bits per heavy atom. The molecule has 2 atom stereocenters. The molecule has 0 saturated carbocycles. The third-order valence-electron chi connectivity index (χ3n) is 3.86. The van der Waals surface area contributed by atoms with Gasteiger partial charge in [0.05, 0.1) is 6.04 Å². The van der Waals surface area contributed by atoms with Crippen molar-refractivity contribution in [2.75, 3.05) is 11.5 Å². The van der Waals surface area contributed by atoms with Crippen LogP contribution in [0.5, 0.6) is 0 Å². The minimum absolute atomic E-state index is 0.216. The number of amides is 4. The number of hydrogen-bond donors (Lipinski definition) is 4. The van der Waals surface area contributed by atoms with Gasteiger partial charge in [0.2, 0.25) is 23.6 Å². The van der Waals surface area contributed by atoms with Gasteiger partial charge >= 0.3 is 0 Å². The molecule has 0 radical (unpaired) electrons. The summed E-state index contributed by atoms with van der Waals surface area (Å²) in [4.78, 5) is 47.4. The summed E-state index contributed by atoms with van der Waals surface area (Å²) in [5.74, 6) is -1.11. The fourth-order valence-corrected chi connectivity index (χ4v) is 4.43. The van der Waals surface area contributed by atoms with Crippen LogP contribution in [-0.4, -0.2) is 47.2 Å². The lowest BCUT2D eigenvalue weighted by Crippen LogP contribution is -2.49. The van der Waals surface area contributed by atoms with Gasteiger partial charge in [0.25, 0.3) is 0 Å². The van der Waals surface area contributed by atoms with E-state index in [-0.39, 0.29) is 24.0 Å². The number of primary amides is 1. The molecule has 162 valence electrons. The predicted molar refractivity (Wildman–Crippen MR) is 115 cm³/mol. The Kier molecular flexibility index (Phi) is 15.9. The summed E-state index contributed by atoms with van der Waals surface area (Å²) < 4.78 is 0. The van der Waals surface area contributed by atoms with Crippen molar-refractivity contribution >= 4 is 45.2 Å². The number of nitrogens with one attached hydrogen (secondary N) is 2. The van der Waals surface area contributed by atoms with Crippen molar-refractivity contribution in [3.8, 4) is 0 Å². The van der Waals surface area contributed by atoms with Crippen molar-refractivity contribution in [1.82, 2.24) is 10.6 Å². The zero-order valence-corrected chi connectivity index (χ0v) is 18.5. The van der Waals surface area contributed by atoms with Crippen LogP contribution >= 0.6 is 21.6 Å². The summed E-state index contributed by atoms with van der Waals surface area (Å²) in [6, 6.07) is -1.60. The Bertz CT molecular complexity index is 506. The van der Waals surface area contributed by atoms with Gasteiger partial charge in [-0.3, -0.25) is 24.5 Å². The molecule has 0 fully saturated rings. The Morgan fingerprint density at radius 1 is 0.857 bits per heavy atom. The van der Waals surface area contributed by atoms with Crippen LogP contribution in [-0.2, 0) is 19.2 Å². The van der Waals surface area contributed by atoms with Crippen LogP contribution in [0.25, 0.3) is 0 Å². The molecule has 0 spiro atoms. The largest absolute Gasteiger partial charge is 0.368 e. The maximum Gasteiger partial charge on any atom is 0.250 e. The summed E-state index contributed by atoms with van der Waals surface area (Å²) >= 11 is 0. The minimum Gasteiger partial charge on any atom is -0.368 e. The molecule has 0 aliphatic heterocycles. The molecule has 10 heteroatoms. The number of imide groups is 1. The van der Waals surface area contributed by atoms with Crippen LogP contribution in [0.2, 0.25) is 0 Å². The topological polar surface area (TPSA) is 144 Å². The molecular formula is C18H34N4O4S2. The average Bonchev–Trinajstić information content (AvgIpc) is 2.64. The van der Waals surface area contributed by atoms with E-state index in [4.69, 9.17) is 11.5 Å². The Labute approximate surface area is 175 Å². The van der Waals surface area contributed by atoms with Gasteiger partial charge in [0, 0.05) is 24.3 Å². The van der Waals surface area contributed by atoms with Crippen molar-refractivity contribution in [2.45, 2.75) is 77.3 Å². The number of carbonyl (C=O) groups is 4. The van der Waals surface area contributed by atoms with Crippen LogP contribution in [0, 0.1) is 0 Å². The smallest absolute Gasteiger partial charge is 0.250 e. The second kappa shape index (κ2) is 16.7. The fourth-order valence-electron chi connectivity index (χ4n) is 2.13. The monoisotopic (exact) mass is 434 g/mol. The second-order valence-electron chi connectivity index (χ2n) is 6.52. The maximum atomic E-state index is 12.4. The highest BCUT2D eigenvalue weighted by Crippen LogP contribution is 2.22. The third kappa shape index (κ3) is 13.8. The van der Waals surface area contributed by atoms with E-state index in [1.807, 2.05) is 13.8 Å². The number of hydrogen-bond acceptors (Lipinski definition) is 7. The van der Waals surface area contributed by atoms with E-state index >= 15 is 0 Å². The summed E-state index contributed by atoms with van der Waals surface area (Å²) in [6.07, 6.45) is 5.94. The van der Waals surface area contributed by atoms with Gasteiger partial charge in [-0.2, -0.15) is 0 Å². The van der Waals surface area contributed by atoms with Crippen molar-refractivity contribution in [3.05, 3.63) is 0 Å². The van der Waals surface area contributed by atoms with Gasteiger partial charge in [-0.15, -0.1) is 0 Å². The molecule has 28 heavy (non-hydrogen) atoms. The summed E-state index contributed by atoms with van der Waals surface area (Å²) in [5.41, 5.74) is 10.7. The van der Waals surface area contributed by atoms with Crippen LogP contribution in [0.15, 0.2) is 0 Å². The molecule has 4 amide bonds. The van der Waals surface area contributed by atoms with Crippen LogP contribution in [0.4, 0.5) is 0 Å². The van der Waals surface area contributed by atoms with Gasteiger partial charge < -0.3 is 16.8 Å². The minimum atomic E-state index is -0.827. The molecule has 6 N–H and O–H groups in total. The maximum absolute atomic E-state index is 12.4. The van der Waals surface area contributed by atoms with Gasteiger partial charge in [0.15, 0.2) is 0 Å². The summed E-state index contributed by atoms with van der Waals surface area (Å²) in [7, 11) is 2.59. The second-order valence-corrected chi connectivity index (χ2v) is 9.08. The van der Waals surface area contributed by atoms with Crippen LogP contribution in [0.3, 0.4) is 0 Å². The van der Waals surface area contributed by atoms with E-state index in [0.717, 1.165) is 38.5 Å². The molecule has 0 rings (SSSR count). The third-order valence-corrected chi connectivity index (χ3v) is 6.31. The SMILES string of the molecule is CCCCCC(=O)NC(=O)[C@H](CSSC[C@H](N)C(N)=O)NC(=O)CCCCC. The standard InChI is InChI=1S/C18H34N4O4S2/c1-3-5-7-9-15(23)21-14(12-28-27-11-13(19)17(20)25)18(26)22-16(24)10-8-6-4-2/h13-14H,3-12,19H2,1-2H3,(H2,20,25)(H,21,23)(H,22,24,26)/t13-,14-/m0/s1. The van der Waals surface area contributed by atoms with Crippen LogP contribution < -0.4 is 22.1 Å². The molecule has 0 saturated heterocycles. The van der Waals surface area contributed by atoms with E-state index in [9.17, 15) is 19.2 Å². The van der Waals surface area contributed by atoms with Crippen LogP contribution in [0.1, 0.15) is 65.2 Å². The lowest BCUT2D eigenvalue weighted by molar-refractivity contribution is -0.133. The highest BCUT2D eigenvalue weighted by atomic mass is 33.1. The van der Waals surface area contributed by atoms with Crippen molar-refractivity contribution < 1.29 is 19.2 Å². The molecule has 0 aliphatic carbocycles. The summed E-state index contributed by atoms with van der Waals surface area (Å²) in [6.45, 7) is 4.08. The quantitative estimate of drug-likeness (QED) is 0.213. The first-order valence-electron chi connectivity index (χ1n) is 9.74. The molecule has 0 bridgehead atoms.